The molecule has 0 spiro atoms. The Labute approximate surface area is 241 Å². The Balaban J connectivity index is 2.09. The highest BCUT2D eigenvalue weighted by molar-refractivity contribution is 7.92. The van der Waals surface area contributed by atoms with Crippen LogP contribution < -0.4 is 14.4 Å². The summed E-state index contributed by atoms with van der Waals surface area (Å²) in [7, 11) is -4.20. The molecule has 3 aromatic carbocycles. The van der Waals surface area contributed by atoms with E-state index in [-0.39, 0.29) is 29.1 Å². The lowest BCUT2D eigenvalue weighted by Gasteiger charge is -2.32. The van der Waals surface area contributed by atoms with Crippen LogP contribution in [0.15, 0.2) is 77.7 Å². The van der Waals surface area contributed by atoms with Crippen LogP contribution >= 0.6 is 11.6 Å². The van der Waals surface area contributed by atoms with Crippen molar-refractivity contribution in [1.82, 2.24) is 10.2 Å². The number of benzene rings is 3. The molecule has 0 aromatic heterocycles. The molecule has 10 heteroatoms. The molecule has 0 aliphatic heterocycles. The van der Waals surface area contributed by atoms with Crippen LogP contribution in [0.5, 0.6) is 5.75 Å². The third kappa shape index (κ3) is 7.76. The summed E-state index contributed by atoms with van der Waals surface area (Å²) < 4.78 is 34.8. The number of hydrogen-bond donors (Lipinski definition) is 1. The number of hydrogen-bond acceptors (Lipinski definition) is 5. The maximum atomic E-state index is 14.0. The smallest absolute Gasteiger partial charge is 0.264 e. The van der Waals surface area contributed by atoms with Gasteiger partial charge in [0.2, 0.25) is 11.8 Å². The van der Waals surface area contributed by atoms with E-state index < -0.39 is 28.5 Å². The number of nitrogens with zero attached hydrogens (tertiary/aromatic N) is 2. The molecule has 40 heavy (non-hydrogen) atoms. The van der Waals surface area contributed by atoms with Crippen LogP contribution in [0.3, 0.4) is 0 Å². The number of carbonyl (C=O) groups excluding carboxylic acids is 2. The van der Waals surface area contributed by atoms with Gasteiger partial charge >= 0.3 is 0 Å². The van der Waals surface area contributed by atoms with Gasteiger partial charge in [0, 0.05) is 17.6 Å². The molecule has 0 heterocycles. The second-order valence-corrected chi connectivity index (χ2v) is 12.0. The summed E-state index contributed by atoms with van der Waals surface area (Å²) in [6.07, 6.45) is 0. The van der Waals surface area contributed by atoms with Gasteiger partial charge in [-0.3, -0.25) is 13.9 Å². The minimum Gasteiger partial charge on any atom is -0.492 e. The maximum Gasteiger partial charge on any atom is 0.264 e. The normalized spacial score (nSPS) is 12.1. The van der Waals surface area contributed by atoms with Crippen LogP contribution in [0.4, 0.5) is 5.69 Å². The zero-order chi connectivity index (χ0) is 29.4. The summed E-state index contributed by atoms with van der Waals surface area (Å²) in [6, 6.07) is 19.0. The third-order valence-electron chi connectivity index (χ3n) is 6.16. The number of carbonyl (C=O) groups is 2. The van der Waals surface area contributed by atoms with Gasteiger partial charge in [-0.25, -0.2) is 8.42 Å². The first-order valence-electron chi connectivity index (χ1n) is 13.1. The Hall–Kier alpha value is -3.56. The van der Waals surface area contributed by atoms with E-state index in [2.05, 4.69) is 5.32 Å². The second-order valence-electron chi connectivity index (χ2n) is 9.72. The molecule has 0 saturated carbocycles. The summed E-state index contributed by atoms with van der Waals surface area (Å²) in [5.74, 6) is -0.595. The molecule has 0 saturated heterocycles. The number of para-hydroxylation sites is 2. The lowest BCUT2D eigenvalue weighted by Crippen LogP contribution is -2.52. The molecule has 3 aromatic rings. The van der Waals surface area contributed by atoms with Crippen molar-refractivity contribution < 1.29 is 22.7 Å². The van der Waals surface area contributed by atoms with Crippen molar-refractivity contribution in [2.24, 2.45) is 0 Å². The topological polar surface area (TPSA) is 96.0 Å². The molecule has 0 fully saturated rings. The molecule has 1 N–H and O–H groups in total. The van der Waals surface area contributed by atoms with Crippen LogP contribution in [0.1, 0.15) is 38.8 Å². The van der Waals surface area contributed by atoms with Gasteiger partial charge < -0.3 is 15.0 Å². The van der Waals surface area contributed by atoms with Crippen molar-refractivity contribution in [2.75, 3.05) is 17.5 Å². The number of halogens is 1. The van der Waals surface area contributed by atoms with E-state index in [0.29, 0.717) is 22.9 Å². The molecule has 0 aliphatic rings. The molecule has 8 nitrogen and oxygen atoms in total. The average Bonchev–Trinajstić information content (AvgIpc) is 2.90. The quantitative estimate of drug-likeness (QED) is 0.316. The first-order chi connectivity index (χ1) is 18.9. The van der Waals surface area contributed by atoms with E-state index in [0.717, 1.165) is 9.87 Å². The van der Waals surface area contributed by atoms with E-state index >= 15 is 0 Å². The predicted molar refractivity (Wildman–Crippen MR) is 158 cm³/mol. The van der Waals surface area contributed by atoms with E-state index in [4.69, 9.17) is 16.3 Å². The van der Waals surface area contributed by atoms with E-state index in [1.807, 2.05) is 20.8 Å². The molecule has 0 bridgehead atoms. The molecule has 3 rings (SSSR count). The van der Waals surface area contributed by atoms with Gasteiger partial charge in [0.15, 0.2) is 0 Å². The number of nitrogens with one attached hydrogen (secondary N) is 1. The molecular formula is C30H36ClN3O5S. The van der Waals surface area contributed by atoms with Crippen LogP contribution in [-0.2, 0) is 26.2 Å². The summed E-state index contributed by atoms with van der Waals surface area (Å²) >= 11 is 6.18. The molecule has 1 atom stereocenters. The van der Waals surface area contributed by atoms with Gasteiger partial charge in [0.1, 0.15) is 18.3 Å². The highest BCUT2D eigenvalue weighted by atomic mass is 35.5. The first kappa shape index (κ1) is 31.0. The summed E-state index contributed by atoms with van der Waals surface area (Å²) in [6.45, 7) is 8.73. The molecule has 0 radical (unpaired) electrons. The van der Waals surface area contributed by atoms with Gasteiger partial charge in [0.05, 0.1) is 17.2 Å². The van der Waals surface area contributed by atoms with Crippen molar-refractivity contribution in [3.63, 3.8) is 0 Å². The molecular weight excluding hydrogens is 550 g/mol. The zero-order valence-corrected chi connectivity index (χ0v) is 25.0. The van der Waals surface area contributed by atoms with Gasteiger partial charge in [-0.15, -0.1) is 0 Å². The Morgan fingerprint density at radius 3 is 2.27 bits per heavy atom. The van der Waals surface area contributed by atoms with E-state index in [9.17, 15) is 18.0 Å². The fraction of sp³-hybridized carbons (Fsp3) is 0.333. The Morgan fingerprint density at radius 1 is 0.975 bits per heavy atom. The van der Waals surface area contributed by atoms with Crippen molar-refractivity contribution in [1.29, 1.82) is 0 Å². The number of anilines is 1. The van der Waals surface area contributed by atoms with Crippen molar-refractivity contribution >= 4 is 39.1 Å². The molecule has 0 unspecified atom stereocenters. The number of sulfonamides is 1. The fourth-order valence-electron chi connectivity index (χ4n) is 4.11. The highest BCUT2D eigenvalue weighted by Gasteiger charge is 2.34. The van der Waals surface area contributed by atoms with Crippen molar-refractivity contribution in [2.45, 2.75) is 58.1 Å². The van der Waals surface area contributed by atoms with E-state index in [1.165, 1.54) is 17.0 Å². The third-order valence-corrected chi connectivity index (χ3v) is 8.17. The number of aryl methyl sites for hydroxylation is 1. The first-order valence-corrected chi connectivity index (χ1v) is 14.9. The standard InChI is InChI=1S/C30H36ClN3O5S/c1-6-39-28-13-8-7-12-27(28)34(40(37,38)26-16-14-22(4)15-17-26)20-29(35)33(23(5)30(36)32-21(2)3)19-24-10-9-11-25(31)18-24/h7-18,21,23H,6,19-20H2,1-5H3,(H,32,36)/t23-/m1/s1. The highest BCUT2D eigenvalue weighted by Crippen LogP contribution is 2.33. The summed E-state index contributed by atoms with van der Waals surface area (Å²) in [5.41, 5.74) is 1.82. The van der Waals surface area contributed by atoms with Crippen molar-refractivity contribution in [3.8, 4) is 5.75 Å². The van der Waals surface area contributed by atoms with Gasteiger partial charge in [0.25, 0.3) is 10.0 Å². The van der Waals surface area contributed by atoms with Crippen molar-refractivity contribution in [3.05, 3.63) is 88.9 Å². The fourth-order valence-corrected chi connectivity index (χ4v) is 5.75. The zero-order valence-electron chi connectivity index (χ0n) is 23.4. The van der Waals surface area contributed by atoms with Gasteiger partial charge in [-0.1, -0.05) is 53.6 Å². The minimum atomic E-state index is -4.20. The van der Waals surface area contributed by atoms with E-state index in [1.54, 1.807) is 74.5 Å². The van der Waals surface area contributed by atoms with Crippen LogP contribution in [0.25, 0.3) is 0 Å². The number of rotatable bonds is 12. The number of ether oxygens (including phenoxy) is 1. The SMILES string of the molecule is CCOc1ccccc1N(CC(=O)N(Cc1cccc(Cl)c1)[C@H](C)C(=O)NC(C)C)S(=O)(=O)c1ccc(C)cc1. The molecule has 0 aliphatic carbocycles. The Bertz CT molecular complexity index is 1430. The number of amides is 2. The lowest BCUT2D eigenvalue weighted by molar-refractivity contribution is -0.139. The average molecular weight is 586 g/mol. The summed E-state index contributed by atoms with van der Waals surface area (Å²) in [5, 5.41) is 3.32. The van der Waals surface area contributed by atoms with Crippen LogP contribution in [0.2, 0.25) is 5.02 Å². The van der Waals surface area contributed by atoms with Crippen LogP contribution in [0, 0.1) is 6.92 Å². The monoisotopic (exact) mass is 585 g/mol. The molecule has 214 valence electrons. The second kappa shape index (κ2) is 13.7. The Morgan fingerprint density at radius 2 is 1.65 bits per heavy atom. The van der Waals surface area contributed by atoms with Gasteiger partial charge in [-0.05, 0) is 76.6 Å². The summed E-state index contributed by atoms with van der Waals surface area (Å²) in [4.78, 5) is 28.4. The van der Waals surface area contributed by atoms with Gasteiger partial charge in [-0.2, -0.15) is 0 Å². The predicted octanol–water partition coefficient (Wildman–Crippen LogP) is 5.18. The lowest BCUT2D eigenvalue weighted by atomic mass is 10.1. The maximum absolute atomic E-state index is 14.0. The minimum absolute atomic E-state index is 0.0317. The Kier molecular flexibility index (Phi) is 10.6. The molecule has 2 amide bonds. The largest absolute Gasteiger partial charge is 0.492 e. The van der Waals surface area contributed by atoms with Crippen LogP contribution in [-0.4, -0.2) is 50.4 Å².